The number of hydrogen-bond acceptors (Lipinski definition) is 5. The molecule has 1 aliphatic rings. The number of H-pyrrole nitrogens is 1. The molecule has 0 fully saturated rings. The molecule has 2 aromatic carbocycles. The standard InChI is InChI=1S/C22H26N6O2.HI/c1-23-22(24-11-9-15-3-8-19-17(13-15)10-12-30-19)25-14-20-26-21(28-27-20)16-4-6-18(29-2)7-5-16;/h3-8,13H,9-12,14H2,1-2H3,(H2,23,24,25)(H,26,27,28);1H. The first kappa shape index (κ1) is 22.9. The Balaban J connectivity index is 0.00000272. The number of nitrogens with zero attached hydrogens (tertiary/aromatic N) is 3. The Kier molecular flexibility index (Phi) is 8.10. The van der Waals surface area contributed by atoms with Crippen molar-refractivity contribution < 1.29 is 9.47 Å². The van der Waals surface area contributed by atoms with E-state index in [9.17, 15) is 0 Å². The Morgan fingerprint density at radius 3 is 2.81 bits per heavy atom. The zero-order chi connectivity index (χ0) is 20.8. The van der Waals surface area contributed by atoms with Crippen molar-refractivity contribution in [1.82, 2.24) is 25.8 Å². The number of fused-ring (bicyclic) bond motifs is 1. The number of benzene rings is 2. The number of guanidine groups is 1. The molecule has 31 heavy (non-hydrogen) atoms. The van der Waals surface area contributed by atoms with Gasteiger partial charge in [0.15, 0.2) is 11.8 Å². The number of nitrogens with one attached hydrogen (secondary N) is 3. The van der Waals surface area contributed by atoms with Gasteiger partial charge in [-0.05, 0) is 47.9 Å². The highest BCUT2D eigenvalue weighted by molar-refractivity contribution is 14.0. The lowest BCUT2D eigenvalue weighted by Gasteiger charge is -2.11. The molecule has 0 amide bonds. The average molecular weight is 534 g/mol. The fourth-order valence-electron chi connectivity index (χ4n) is 3.35. The smallest absolute Gasteiger partial charge is 0.191 e. The van der Waals surface area contributed by atoms with E-state index in [1.807, 2.05) is 24.3 Å². The maximum atomic E-state index is 5.56. The fourth-order valence-corrected chi connectivity index (χ4v) is 3.35. The Bertz CT molecular complexity index is 1020. The molecule has 8 nitrogen and oxygen atoms in total. The van der Waals surface area contributed by atoms with Crippen LogP contribution in [0.4, 0.5) is 0 Å². The van der Waals surface area contributed by atoms with Crippen molar-refractivity contribution in [2.75, 3.05) is 27.3 Å². The maximum absolute atomic E-state index is 5.56. The summed E-state index contributed by atoms with van der Waals surface area (Å²) in [5, 5.41) is 13.9. The van der Waals surface area contributed by atoms with E-state index >= 15 is 0 Å². The number of ether oxygens (including phenoxy) is 2. The fraction of sp³-hybridized carbons (Fsp3) is 0.318. The maximum Gasteiger partial charge on any atom is 0.191 e. The highest BCUT2D eigenvalue weighted by Crippen LogP contribution is 2.25. The first-order valence-electron chi connectivity index (χ1n) is 10.00. The zero-order valence-electron chi connectivity index (χ0n) is 17.6. The molecule has 1 aliphatic heterocycles. The number of halogens is 1. The van der Waals surface area contributed by atoms with E-state index in [4.69, 9.17) is 9.47 Å². The third-order valence-electron chi connectivity index (χ3n) is 4.99. The molecule has 1 aromatic heterocycles. The number of hydrogen-bond donors (Lipinski definition) is 3. The Morgan fingerprint density at radius 2 is 2.03 bits per heavy atom. The third kappa shape index (κ3) is 5.87. The summed E-state index contributed by atoms with van der Waals surface area (Å²) in [6.45, 7) is 2.07. The molecular weight excluding hydrogens is 507 g/mol. The van der Waals surface area contributed by atoms with Crippen molar-refractivity contribution in [2.24, 2.45) is 4.99 Å². The second-order valence-electron chi connectivity index (χ2n) is 6.98. The normalized spacial score (nSPS) is 12.5. The lowest BCUT2D eigenvalue weighted by Crippen LogP contribution is -2.38. The highest BCUT2D eigenvalue weighted by atomic mass is 127. The minimum atomic E-state index is 0. The van der Waals surface area contributed by atoms with Gasteiger partial charge >= 0.3 is 0 Å². The summed E-state index contributed by atoms with van der Waals surface area (Å²) in [6.07, 6.45) is 1.91. The molecule has 164 valence electrons. The summed E-state index contributed by atoms with van der Waals surface area (Å²) in [5.74, 6) is 3.94. The summed E-state index contributed by atoms with van der Waals surface area (Å²) in [7, 11) is 3.40. The van der Waals surface area contributed by atoms with Crippen molar-refractivity contribution in [3.8, 4) is 22.9 Å². The van der Waals surface area contributed by atoms with E-state index in [2.05, 4.69) is 49.0 Å². The Labute approximate surface area is 198 Å². The van der Waals surface area contributed by atoms with Crippen molar-refractivity contribution >= 4 is 29.9 Å². The number of rotatable bonds is 7. The van der Waals surface area contributed by atoms with Crippen LogP contribution in [0.3, 0.4) is 0 Å². The monoisotopic (exact) mass is 534 g/mol. The molecule has 2 heterocycles. The molecule has 0 saturated carbocycles. The van der Waals surface area contributed by atoms with Gasteiger partial charge in [-0.1, -0.05) is 12.1 Å². The van der Waals surface area contributed by atoms with E-state index in [1.165, 1.54) is 11.1 Å². The van der Waals surface area contributed by atoms with E-state index in [0.717, 1.165) is 54.8 Å². The van der Waals surface area contributed by atoms with E-state index in [0.29, 0.717) is 12.4 Å². The first-order valence-corrected chi connectivity index (χ1v) is 10.00. The van der Waals surface area contributed by atoms with Gasteiger partial charge in [0.05, 0.1) is 20.3 Å². The summed E-state index contributed by atoms with van der Waals surface area (Å²) in [5.41, 5.74) is 3.52. The molecule has 9 heteroatoms. The predicted molar refractivity (Wildman–Crippen MR) is 131 cm³/mol. The molecule has 4 rings (SSSR count). The highest BCUT2D eigenvalue weighted by Gasteiger charge is 2.12. The topological polar surface area (TPSA) is 96.5 Å². The van der Waals surface area contributed by atoms with Crippen LogP contribution in [0.5, 0.6) is 11.5 Å². The summed E-state index contributed by atoms with van der Waals surface area (Å²) < 4.78 is 10.7. The summed E-state index contributed by atoms with van der Waals surface area (Å²) in [6, 6.07) is 14.1. The Morgan fingerprint density at radius 1 is 1.19 bits per heavy atom. The van der Waals surface area contributed by atoms with Crippen LogP contribution in [0.15, 0.2) is 47.5 Å². The SMILES string of the molecule is CN=C(NCCc1ccc2c(c1)CCO2)NCc1nc(-c2ccc(OC)cc2)n[nH]1.I. The first-order chi connectivity index (χ1) is 14.7. The van der Waals surface area contributed by atoms with Crippen LogP contribution in [0.25, 0.3) is 11.4 Å². The lowest BCUT2D eigenvalue weighted by molar-refractivity contribution is 0.357. The summed E-state index contributed by atoms with van der Waals surface area (Å²) in [4.78, 5) is 8.81. The van der Waals surface area contributed by atoms with Gasteiger partial charge in [0.2, 0.25) is 0 Å². The van der Waals surface area contributed by atoms with Crippen LogP contribution < -0.4 is 20.1 Å². The van der Waals surface area contributed by atoms with Crippen LogP contribution in [0.1, 0.15) is 17.0 Å². The number of aromatic amines is 1. The molecule has 3 N–H and O–H groups in total. The Hall–Kier alpha value is -2.82. The minimum Gasteiger partial charge on any atom is -0.497 e. The van der Waals surface area contributed by atoms with Gasteiger partial charge in [-0.25, -0.2) is 4.98 Å². The lowest BCUT2D eigenvalue weighted by atomic mass is 10.1. The van der Waals surface area contributed by atoms with E-state index < -0.39 is 0 Å². The number of aromatic nitrogens is 3. The van der Waals surface area contributed by atoms with Gasteiger partial charge in [-0.3, -0.25) is 10.1 Å². The van der Waals surface area contributed by atoms with Crippen LogP contribution in [0, 0.1) is 0 Å². The van der Waals surface area contributed by atoms with Crippen LogP contribution >= 0.6 is 24.0 Å². The molecule has 0 bridgehead atoms. The molecule has 0 atom stereocenters. The van der Waals surface area contributed by atoms with Gasteiger partial charge in [0.1, 0.15) is 17.3 Å². The van der Waals surface area contributed by atoms with Gasteiger partial charge in [0.25, 0.3) is 0 Å². The number of methoxy groups -OCH3 is 1. The van der Waals surface area contributed by atoms with Crippen LogP contribution in [-0.4, -0.2) is 48.5 Å². The molecule has 0 spiro atoms. The van der Waals surface area contributed by atoms with Gasteiger partial charge in [-0.2, -0.15) is 5.10 Å². The van der Waals surface area contributed by atoms with Crippen molar-refractivity contribution in [3.05, 3.63) is 59.4 Å². The van der Waals surface area contributed by atoms with Gasteiger partial charge in [-0.15, -0.1) is 24.0 Å². The second kappa shape index (κ2) is 11.0. The molecule has 0 unspecified atom stereocenters. The molecular formula is C22H27IN6O2. The minimum absolute atomic E-state index is 0. The van der Waals surface area contributed by atoms with Crippen LogP contribution in [-0.2, 0) is 19.4 Å². The second-order valence-corrected chi connectivity index (χ2v) is 6.98. The van der Waals surface area contributed by atoms with E-state index in [1.54, 1.807) is 14.2 Å². The average Bonchev–Trinajstić information content (AvgIpc) is 3.45. The van der Waals surface area contributed by atoms with Crippen LogP contribution in [0.2, 0.25) is 0 Å². The van der Waals surface area contributed by atoms with Crippen molar-refractivity contribution in [3.63, 3.8) is 0 Å². The number of aliphatic imine (C=N–C) groups is 1. The molecule has 0 aliphatic carbocycles. The molecule has 0 saturated heterocycles. The quantitative estimate of drug-likeness (QED) is 0.245. The molecule has 0 radical (unpaired) electrons. The predicted octanol–water partition coefficient (Wildman–Crippen LogP) is 2.94. The molecule has 3 aromatic rings. The zero-order valence-corrected chi connectivity index (χ0v) is 20.0. The van der Waals surface area contributed by atoms with Crippen molar-refractivity contribution in [1.29, 1.82) is 0 Å². The van der Waals surface area contributed by atoms with Gasteiger partial charge < -0.3 is 20.1 Å². The van der Waals surface area contributed by atoms with Gasteiger partial charge in [0, 0.05) is 25.6 Å². The van der Waals surface area contributed by atoms with Crippen molar-refractivity contribution in [2.45, 2.75) is 19.4 Å². The largest absolute Gasteiger partial charge is 0.497 e. The third-order valence-corrected chi connectivity index (χ3v) is 4.99. The van der Waals surface area contributed by atoms with E-state index in [-0.39, 0.29) is 24.0 Å². The summed E-state index contributed by atoms with van der Waals surface area (Å²) >= 11 is 0.